The highest BCUT2D eigenvalue weighted by molar-refractivity contribution is 5.83. The maximum Gasteiger partial charge on any atom is 0.416 e. The van der Waals surface area contributed by atoms with Gasteiger partial charge in [0.1, 0.15) is 17.8 Å². The molecule has 3 aromatic carbocycles. The van der Waals surface area contributed by atoms with Gasteiger partial charge in [0.05, 0.1) is 10.9 Å². The van der Waals surface area contributed by atoms with Gasteiger partial charge in [0, 0.05) is 43.6 Å². The molecule has 0 bridgehead atoms. The van der Waals surface area contributed by atoms with Crippen LogP contribution in [0.1, 0.15) is 56.0 Å². The Bertz CT molecular complexity index is 2540. The number of rotatable bonds is 12. The summed E-state index contributed by atoms with van der Waals surface area (Å²) in [5, 5.41) is 32.8. The van der Waals surface area contributed by atoms with Gasteiger partial charge < -0.3 is 39.5 Å². The summed E-state index contributed by atoms with van der Waals surface area (Å²) in [5.74, 6) is -5.79. The molecule has 0 aliphatic carbocycles. The molecule has 1 fully saturated rings. The van der Waals surface area contributed by atoms with Gasteiger partial charge in [-0.25, -0.2) is 28.1 Å². The topological polar surface area (TPSA) is 200 Å². The number of carboxylic acids is 2. The second kappa shape index (κ2) is 20.8. The van der Waals surface area contributed by atoms with Gasteiger partial charge in [0.2, 0.25) is 5.91 Å². The number of hydrogen-bond acceptors (Lipinski definition) is 9. The zero-order chi connectivity index (χ0) is 47.8. The summed E-state index contributed by atoms with van der Waals surface area (Å²) in [6.07, 6.45) is -6.79. The number of aliphatic hydroxyl groups excluding tert-OH is 2. The van der Waals surface area contributed by atoms with Crippen molar-refractivity contribution in [3.05, 3.63) is 135 Å². The summed E-state index contributed by atoms with van der Waals surface area (Å²) < 4.78 is 75.2. The number of aromatic nitrogens is 2. The first-order chi connectivity index (χ1) is 30.5. The van der Waals surface area contributed by atoms with Crippen LogP contribution in [0.2, 0.25) is 0 Å². The lowest BCUT2D eigenvalue weighted by Crippen LogP contribution is -2.50. The van der Waals surface area contributed by atoms with Crippen molar-refractivity contribution in [2.24, 2.45) is 0 Å². The van der Waals surface area contributed by atoms with Crippen LogP contribution in [0.15, 0.2) is 95.9 Å². The van der Waals surface area contributed by atoms with E-state index >= 15 is 0 Å². The molecule has 1 aliphatic heterocycles. The van der Waals surface area contributed by atoms with Crippen LogP contribution >= 0.6 is 0 Å². The molecule has 1 aliphatic rings. The van der Waals surface area contributed by atoms with E-state index in [0.717, 1.165) is 23.8 Å². The van der Waals surface area contributed by atoms with Crippen LogP contribution in [0.3, 0.4) is 0 Å². The minimum absolute atomic E-state index is 0.0632. The van der Waals surface area contributed by atoms with Crippen LogP contribution in [0.4, 0.5) is 26.7 Å². The number of pyridine rings is 2. The quantitative estimate of drug-likeness (QED) is 0.100. The van der Waals surface area contributed by atoms with Crippen molar-refractivity contribution in [1.29, 1.82) is 0 Å². The molecule has 0 saturated carbocycles. The van der Waals surface area contributed by atoms with E-state index in [1.54, 1.807) is 59.4 Å². The minimum atomic E-state index is -4.45. The fourth-order valence-corrected chi connectivity index (χ4v) is 7.09. The number of alkyl halides is 3. The van der Waals surface area contributed by atoms with E-state index in [2.05, 4.69) is 4.98 Å². The van der Waals surface area contributed by atoms with Crippen molar-refractivity contribution >= 4 is 35.0 Å². The lowest BCUT2D eigenvalue weighted by atomic mass is 10.00. The molecule has 6 rings (SSSR count). The monoisotopic (exact) mass is 910 g/mol. The maximum atomic E-state index is 14.6. The van der Waals surface area contributed by atoms with Gasteiger partial charge in [-0.3, -0.25) is 9.59 Å². The van der Waals surface area contributed by atoms with E-state index in [1.807, 2.05) is 12.1 Å². The van der Waals surface area contributed by atoms with Gasteiger partial charge in [-0.05, 0) is 99.0 Å². The number of fused-ring (bicyclic) bond motifs is 1. The van der Waals surface area contributed by atoms with Gasteiger partial charge in [0.15, 0.2) is 29.3 Å². The molecule has 4 N–H and O–H groups in total. The third-order valence-corrected chi connectivity index (χ3v) is 10.5. The first-order valence-electron chi connectivity index (χ1n) is 20.3. The van der Waals surface area contributed by atoms with E-state index in [0.29, 0.717) is 48.1 Å². The third-order valence-electron chi connectivity index (χ3n) is 10.5. The molecule has 14 nitrogen and oxygen atoms in total. The normalized spacial score (nSPS) is 14.2. The highest BCUT2D eigenvalue weighted by Gasteiger charge is 2.33. The molecule has 2 unspecified atom stereocenters. The fraction of sp³-hybridized carbons (Fsp3) is 0.348. The summed E-state index contributed by atoms with van der Waals surface area (Å²) in [5.41, 5.74) is 1.17. The SMILES string of the molecule is CC(C)(C)OC(=O)N1CCC(N(Cc2ccc(-c3ccc(C(F)(F)F)cc3)cc2)C(=O)Cn2c(CCc3cccc(F)c3F)cc(=O)c3cccnc32)CC1.O=C(O)C(O)C(O)C(=O)O. The maximum absolute atomic E-state index is 14.6. The zero-order valence-electron chi connectivity index (χ0n) is 35.5. The number of carbonyl (C=O) groups excluding carboxylic acids is 2. The van der Waals surface area contributed by atoms with Crippen molar-refractivity contribution < 1.29 is 66.3 Å². The Morgan fingerprint density at radius 2 is 1.42 bits per heavy atom. The number of carboxylic acid groups (broad SMARTS) is 2. The van der Waals surface area contributed by atoms with Crippen LogP contribution in [0.25, 0.3) is 22.2 Å². The number of aliphatic carboxylic acids is 2. The number of piperidine rings is 1. The van der Waals surface area contributed by atoms with Gasteiger partial charge in [-0.1, -0.05) is 48.5 Å². The molecule has 1 saturated heterocycles. The Kier molecular flexibility index (Phi) is 15.8. The van der Waals surface area contributed by atoms with E-state index in [1.165, 1.54) is 36.5 Å². The van der Waals surface area contributed by atoms with Gasteiger partial charge >= 0.3 is 24.2 Å². The third kappa shape index (κ3) is 12.9. The predicted molar refractivity (Wildman–Crippen MR) is 225 cm³/mol. The van der Waals surface area contributed by atoms with Gasteiger partial charge in [-0.15, -0.1) is 0 Å². The molecule has 0 spiro atoms. The first kappa shape index (κ1) is 49.3. The average Bonchev–Trinajstić information content (AvgIpc) is 3.26. The molecule has 2 aromatic heterocycles. The second-order valence-corrected chi connectivity index (χ2v) is 16.2. The van der Waals surface area contributed by atoms with Crippen LogP contribution < -0.4 is 5.43 Å². The molecular formula is C46H47F5N4O10. The largest absolute Gasteiger partial charge is 0.479 e. The number of halogens is 5. The predicted octanol–water partition coefficient (Wildman–Crippen LogP) is 6.45. The van der Waals surface area contributed by atoms with Gasteiger partial charge in [-0.2, -0.15) is 13.2 Å². The summed E-state index contributed by atoms with van der Waals surface area (Å²) in [4.78, 5) is 68.0. The number of amides is 2. The number of aliphatic hydroxyl groups is 2. The fourth-order valence-electron chi connectivity index (χ4n) is 7.09. The van der Waals surface area contributed by atoms with Crippen molar-refractivity contribution in [2.45, 2.75) is 89.6 Å². The molecule has 2 amide bonds. The second-order valence-electron chi connectivity index (χ2n) is 16.2. The molecule has 3 heterocycles. The summed E-state index contributed by atoms with van der Waals surface area (Å²) >= 11 is 0. The van der Waals surface area contributed by atoms with Crippen molar-refractivity contribution in [1.82, 2.24) is 19.4 Å². The number of nitrogens with zero attached hydrogens (tertiary/aromatic N) is 4. The number of carbonyl (C=O) groups is 4. The Morgan fingerprint density at radius 3 is 1.97 bits per heavy atom. The van der Waals surface area contributed by atoms with Crippen molar-refractivity contribution in [2.75, 3.05) is 13.1 Å². The smallest absolute Gasteiger partial charge is 0.416 e. The van der Waals surface area contributed by atoms with E-state index in [9.17, 15) is 45.9 Å². The molecular weight excluding hydrogens is 864 g/mol. The Morgan fingerprint density at radius 1 is 0.831 bits per heavy atom. The standard InChI is InChI=1S/C42H41F5N4O4.C4H6O6/c1-41(2,3)55-40(54)49-22-19-32(20-23-49)50(25-27-9-11-28(12-10-27)29-13-16-31(17-14-29)42(45,46)47)37(53)26-51-33(18-15-30-6-4-8-35(43)38(30)44)24-36(52)34-7-5-21-48-39(34)51;5-1(3(7)8)2(6)4(9)10/h4-14,16-17,21,24,32H,15,18-20,22-23,25-26H2,1-3H3;1-2,5-6H,(H,7,8)(H,9,10). The lowest BCUT2D eigenvalue weighted by molar-refractivity contribution is -0.165. The number of hydrogen-bond donors (Lipinski definition) is 4. The van der Waals surface area contributed by atoms with E-state index in [4.69, 9.17) is 25.2 Å². The molecule has 346 valence electrons. The number of ether oxygens (including phenoxy) is 1. The van der Waals surface area contributed by atoms with E-state index < -0.39 is 59.2 Å². The number of aryl methyl sites for hydroxylation is 2. The lowest BCUT2D eigenvalue weighted by Gasteiger charge is -2.39. The van der Waals surface area contributed by atoms with Crippen LogP contribution in [0, 0.1) is 11.6 Å². The minimum Gasteiger partial charge on any atom is -0.479 e. The summed E-state index contributed by atoms with van der Waals surface area (Å²) in [6, 6.07) is 20.4. The van der Waals surface area contributed by atoms with Crippen molar-refractivity contribution in [3.63, 3.8) is 0 Å². The van der Waals surface area contributed by atoms with Crippen molar-refractivity contribution in [3.8, 4) is 11.1 Å². The Balaban J connectivity index is 0.000000709. The molecule has 65 heavy (non-hydrogen) atoms. The zero-order valence-corrected chi connectivity index (χ0v) is 35.5. The highest BCUT2D eigenvalue weighted by Crippen LogP contribution is 2.31. The van der Waals surface area contributed by atoms with Crippen LogP contribution in [-0.4, -0.2) is 101 Å². The molecule has 2 atom stereocenters. The molecule has 19 heteroatoms. The molecule has 5 aromatic rings. The van der Waals surface area contributed by atoms with E-state index in [-0.39, 0.29) is 54.5 Å². The van der Waals surface area contributed by atoms with Crippen LogP contribution in [-0.2, 0) is 51.2 Å². The Labute approximate surface area is 369 Å². The summed E-state index contributed by atoms with van der Waals surface area (Å²) in [6.45, 7) is 6.04. The molecule has 0 radical (unpaired) electrons. The summed E-state index contributed by atoms with van der Waals surface area (Å²) in [7, 11) is 0. The number of likely N-dealkylation sites (tertiary alicyclic amines) is 1. The average molecular weight is 911 g/mol. The highest BCUT2D eigenvalue weighted by atomic mass is 19.4. The Hall–Kier alpha value is -6.73. The first-order valence-corrected chi connectivity index (χ1v) is 20.3. The number of benzene rings is 3. The van der Waals surface area contributed by atoms with Crippen LogP contribution in [0.5, 0.6) is 0 Å². The van der Waals surface area contributed by atoms with Gasteiger partial charge in [0.25, 0.3) is 0 Å².